The minimum Gasteiger partial charge on any atom is -0.324 e. The maximum Gasteiger partial charge on any atom is 0.233 e. The molecule has 0 amide bonds. The van der Waals surface area contributed by atoms with Crippen molar-refractivity contribution in [1.82, 2.24) is 19.9 Å². The third kappa shape index (κ3) is 6.57. The van der Waals surface area contributed by atoms with Crippen molar-refractivity contribution in [3.8, 4) is 0 Å². The van der Waals surface area contributed by atoms with Gasteiger partial charge in [0.05, 0.1) is 20.9 Å². The van der Waals surface area contributed by atoms with Crippen molar-refractivity contribution < 1.29 is 0 Å². The van der Waals surface area contributed by atoms with Crippen LogP contribution in [-0.2, 0) is 0 Å². The predicted molar refractivity (Wildman–Crippen MR) is 167 cm³/mol. The Labute approximate surface area is 248 Å². The summed E-state index contributed by atoms with van der Waals surface area (Å²) in [6.45, 7) is 0. The summed E-state index contributed by atoms with van der Waals surface area (Å²) in [7, 11) is 0. The molecule has 0 aliphatic rings. The van der Waals surface area contributed by atoms with Crippen LogP contribution in [-0.4, -0.2) is 26.2 Å². The van der Waals surface area contributed by atoms with Gasteiger partial charge in [-0.1, -0.05) is 65.7 Å². The Morgan fingerprint density at radius 3 is 2.05 bits per heavy atom. The van der Waals surface area contributed by atoms with E-state index >= 15 is 0 Å². The molecule has 2 aromatic heterocycles. The molecule has 0 fully saturated rings. The average Bonchev–Trinajstić information content (AvgIpc) is 3.35. The predicted octanol–water partition coefficient (Wildman–Crippen LogP) is 9.18. The SMILES string of the molecule is Clc1ccc(C=Nc2ccc3nc(Sc4nc(Nc5ccccc5)nc(Nc5ccccc5)n4)sc3c2)c(Cl)c1. The van der Waals surface area contributed by atoms with E-state index < -0.39 is 0 Å². The Morgan fingerprint density at radius 1 is 0.725 bits per heavy atom. The Morgan fingerprint density at radius 2 is 1.40 bits per heavy atom. The third-order valence-electron chi connectivity index (χ3n) is 5.52. The molecule has 40 heavy (non-hydrogen) atoms. The number of aliphatic imine (C=N–C) groups is 1. The molecule has 0 atom stereocenters. The fourth-order valence-electron chi connectivity index (χ4n) is 3.66. The van der Waals surface area contributed by atoms with Gasteiger partial charge in [-0.05, 0) is 66.4 Å². The molecule has 0 bridgehead atoms. The molecule has 6 aromatic rings. The fourth-order valence-corrected chi connectivity index (χ4v) is 6.07. The van der Waals surface area contributed by atoms with E-state index in [1.54, 1.807) is 29.7 Å². The summed E-state index contributed by atoms with van der Waals surface area (Å²) in [6.07, 6.45) is 1.73. The Kier molecular flexibility index (Phi) is 7.87. The lowest BCUT2D eigenvalue weighted by atomic mass is 10.2. The van der Waals surface area contributed by atoms with Gasteiger partial charge in [0.2, 0.25) is 17.1 Å². The number of thiazole rings is 1. The highest BCUT2D eigenvalue weighted by atomic mass is 35.5. The molecule has 0 aliphatic carbocycles. The first kappa shape index (κ1) is 26.2. The van der Waals surface area contributed by atoms with Crippen LogP contribution in [0.5, 0.6) is 0 Å². The largest absolute Gasteiger partial charge is 0.324 e. The van der Waals surface area contributed by atoms with Gasteiger partial charge in [-0.15, -0.1) is 11.3 Å². The molecule has 0 saturated heterocycles. The van der Waals surface area contributed by atoms with Crippen LogP contribution >= 0.6 is 46.3 Å². The second-order valence-electron chi connectivity index (χ2n) is 8.41. The van der Waals surface area contributed by atoms with E-state index in [-0.39, 0.29) is 0 Å². The van der Waals surface area contributed by atoms with Crippen molar-refractivity contribution in [2.24, 2.45) is 4.99 Å². The van der Waals surface area contributed by atoms with Crippen LogP contribution in [0.4, 0.5) is 29.0 Å². The number of halogens is 2. The van der Waals surface area contributed by atoms with Gasteiger partial charge >= 0.3 is 0 Å². The molecular formula is C29H19Cl2N7S2. The summed E-state index contributed by atoms with van der Waals surface area (Å²) in [6, 6.07) is 30.7. The zero-order chi connectivity index (χ0) is 27.3. The number of para-hydroxylation sites is 2. The van der Waals surface area contributed by atoms with Crippen LogP contribution in [0.25, 0.3) is 10.2 Å². The quantitative estimate of drug-likeness (QED) is 0.168. The summed E-state index contributed by atoms with van der Waals surface area (Å²) in [4.78, 5) is 23.2. The minimum absolute atomic E-state index is 0.431. The lowest BCUT2D eigenvalue weighted by Gasteiger charge is -2.09. The van der Waals surface area contributed by atoms with E-state index in [1.807, 2.05) is 84.9 Å². The van der Waals surface area contributed by atoms with Crippen molar-refractivity contribution in [2.45, 2.75) is 9.50 Å². The van der Waals surface area contributed by atoms with Crippen LogP contribution in [0.3, 0.4) is 0 Å². The maximum absolute atomic E-state index is 6.27. The average molecular weight is 601 g/mol. The summed E-state index contributed by atoms with van der Waals surface area (Å²) in [5, 5.41) is 8.17. The van der Waals surface area contributed by atoms with E-state index in [4.69, 9.17) is 28.2 Å². The number of nitrogens with zero attached hydrogens (tertiary/aromatic N) is 5. The van der Waals surface area contributed by atoms with Gasteiger partial charge in [0.25, 0.3) is 0 Å². The first-order valence-corrected chi connectivity index (χ1v) is 14.4. The second kappa shape index (κ2) is 12.0. The number of rotatable bonds is 8. The van der Waals surface area contributed by atoms with Gasteiger partial charge in [0.15, 0.2) is 4.34 Å². The van der Waals surface area contributed by atoms with Crippen LogP contribution < -0.4 is 10.6 Å². The number of anilines is 4. The summed E-state index contributed by atoms with van der Waals surface area (Å²) >= 11 is 15.2. The molecule has 2 heterocycles. The number of fused-ring (bicyclic) bond motifs is 1. The first-order chi connectivity index (χ1) is 19.6. The zero-order valence-electron chi connectivity index (χ0n) is 20.6. The van der Waals surface area contributed by atoms with Gasteiger partial charge in [-0.3, -0.25) is 4.99 Å². The molecule has 0 unspecified atom stereocenters. The van der Waals surface area contributed by atoms with Gasteiger partial charge in [0.1, 0.15) is 0 Å². The van der Waals surface area contributed by atoms with Crippen LogP contribution in [0, 0.1) is 0 Å². The summed E-state index contributed by atoms with van der Waals surface area (Å²) < 4.78 is 1.80. The normalized spacial score (nSPS) is 11.2. The summed E-state index contributed by atoms with van der Waals surface area (Å²) in [5.41, 5.74) is 4.21. The highest BCUT2D eigenvalue weighted by molar-refractivity contribution is 8.01. The first-order valence-electron chi connectivity index (χ1n) is 12.1. The smallest absolute Gasteiger partial charge is 0.233 e. The van der Waals surface area contributed by atoms with Crippen molar-refractivity contribution in [3.05, 3.63) is 113 Å². The topological polar surface area (TPSA) is 88.0 Å². The molecule has 0 saturated carbocycles. The van der Waals surface area contributed by atoms with Crippen molar-refractivity contribution in [2.75, 3.05) is 10.6 Å². The van der Waals surface area contributed by atoms with E-state index in [1.165, 1.54) is 11.8 Å². The van der Waals surface area contributed by atoms with E-state index in [9.17, 15) is 0 Å². The van der Waals surface area contributed by atoms with Gasteiger partial charge in [-0.2, -0.15) is 15.0 Å². The van der Waals surface area contributed by atoms with Crippen molar-refractivity contribution in [1.29, 1.82) is 0 Å². The number of benzene rings is 4. The van der Waals surface area contributed by atoms with Crippen LogP contribution in [0.15, 0.2) is 112 Å². The van der Waals surface area contributed by atoms with Crippen molar-refractivity contribution in [3.63, 3.8) is 0 Å². The molecule has 0 aliphatic heterocycles. The maximum atomic E-state index is 6.27. The third-order valence-corrected chi connectivity index (χ3v) is 8.03. The highest BCUT2D eigenvalue weighted by Crippen LogP contribution is 2.35. The fraction of sp³-hybridized carbons (Fsp3) is 0. The van der Waals surface area contributed by atoms with Gasteiger partial charge < -0.3 is 10.6 Å². The Bertz CT molecular complexity index is 1750. The lowest BCUT2D eigenvalue weighted by Crippen LogP contribution is -2.05. The number of aromatic nitrogens is 4. The van der Waals surface area contributed by atoms with Crippen LogP contribution in [0.2, 0.25) is 10.0 Å². The molecule has 2 N–H and O–H groups in total. The molecular weight excluding hydrogens is 581 g/mol. The number of hydrogen-bond donors (Lipinski definition) is 2. The Balaban J connectivity index is 1.26. The monoisotopic (exact) mass is 599 g/mol. The van der Waals surface area contributed by atoms with Crippen LogP contribution in [0.1, 0.15) is 5.56 Å². The minimum atomic E-state index is 0.431. The molecule has 11 heteroatoms. The molecule has 0 spiro atoms. The lowest BCUT2D eigenvalue weighted by molar-refractivity contribution is 0.919. The standard InChI is InChI=1S/C29H19Cl2N7S2/c30-19-12-11-18(23(31)15-19)17-32-22-13-14-24-25(16-22)39-29(35-24)40-28-37-26(33-20-7-3-1-4-8-20)36-27(38-28)34-21-9-5-2-6-10-21/h1-17H,(H2,33,34,36,37,38). The zero-order valence-corrected chi connectivity index (χ0v) is 23.8. The van der Waals surface area contributed by atoms with E-state index in [0.29, 0.717) is 27.1 Å². The summed E-state index contributed by atoms with van der Waals surface area (Å²) in [5.74, 6) is 0.862. The molecule has 6 rings (SSSR count). The molecule has 196 valence electrons. The number of hydrogen-bond acceptors (Lipinski definition) is 9. The van der Waals surface area contributed by atoms with Crippen molar-refractivity contribution >= 4 is 91.7 Å². The Hall–Kier alpha value is -4.02. The second-order valence-corrected chi connectivity index (χ2v) is 11.5. The van der Waals surface area contributed by atoms with Gasteiger partial charge in [0, 0.05) is 28.2 Å². The van der Waals surface area contributed by atoms with E-state index in [2.05, 4.69) is 30.6 Å². The molecule has 0 radical (unpaired) electrons. The molecule has 7 nitrogen and oxygen atoms in total. The van der Waals surface area contributed by atoms with E-state index in [0.717, 1.165) is 37.2 Å². The molecule has 4 aromatic carbocycles. The highest BCUT2D eigenvalue weighted by Gasteiger charge is 2.13. The number of nitrogens with one attached hydrogen (secondary N) is 2. The van der Waals surface area contributed by atoms with Gasteiger partial charge in [-0.25, -0.2) is 4.98 Å².